The molecule has 1 aromatic rings. The van der Waals surface area contributed by atoms with Crippen LogP contribution in [0.15, 0.2) is 18.2 Å². The molecular weight excluding hydrogens is 219 g/mol. The maximum atomic E-state index is 12.7. The van der Waals surface area contributed by atoms with Gasteiger partial charge in [-0.25, -0.2) is 0 Å². The normalized spacial score (nSPS) is 17.6. The average Bonchev–Trinajstić information content (AvgIpc) is 2.29. The smallest absolute Gasteiger partial charge is 0.378 e. The van der Waals surface area contributed by atoms with E-state index in [0.717, 1.165) is 6.07 Å². The van der Waals surface area contributed by atoms with Crippen LogP contribution in [-0.4, -0.2) is 26.3 Å². The molecule has 87 valence electrons. The van der Waals surface area contributed by atoms with Crippen LogP contribution >= 0.6 is 0 Å². The highest BCUT2D eigenvalue weighted by molar-refractivity contribution is 5.55. The van der Waals surface area contributed by atoms with Crippen LogP contribution in [0.25, 0.3) is 0 Å². The van der Waals surface area contributed by atoms with E-state index in [1.165, 1.54) is 12.1 Å². The van der Waals surface area contributed by atoms with Crippen LogP contribution in [0.5, 0.6) is 0 Å². The van der Waals surface area contributed by atoms with Gasteiger partial charge in [0.15, 0.2) is 0 Å². The highest BCUT2D eigenvalue weighted by Crippen LogP contribution is 2.36. The summed E-state index contributed by atoms with van der Waals surface area (Å²) < 4.78 is 43.3. The Bertz CT molecular complexity index is 358. The molecule has 1 aromatic carbocycles. The van der Waals surface area contributed by atoms with Crippen molar-refractivity contribution in [1.29, 1.82) is 0 Å². The zero-order valence-corrected chi connectivity index (χ0v) is 8.55. The average molecular weight is 230 g/mol. The fraction of sp³-hybridized carbons (Fsp3) is 0.455. The third-order valence-corrected chi connectivity index (χ3v) is 2.50. The van der Waals surface area contributed by atoms with Gasteiger partial charge in [-0.2, -0.15) is 13.2 Å². The number of nitrogens with zero attached hydrogens (tertiary/aromatic N) is 1. The second-order valence-corrected chi connectivity index (χ2v) is 3.54. The molecular formula is C11H11F3NO. The summed E-state index contributed by atoms with van der Waals surface area (Å²) in [6, 6.07) is 6.41. The van der Waals surface area contributed by atoms with E-state index >= 15 is 0 Å². The van der Waals surface area contributed by atoms with Gasteiger partial charge in [0.1, 0.15) is 0 Å². The van der Waals surface area contributed by atoms with Crippen molar-refractivity contribution in [2.45, 2.75) is 6.18 Å². The minimum atomic E-state index is -4.33. The van der Waals surface area contributed by atoms with Crippen molar-refractivity contribution in [2.24, 2.45) is 0 Å². The van der Waals surface area contributed by atoms with E-state index in [1.807, 2.05) is 0 Å². The lowest BCUT2D eigenvalue weighted by Gasteiger charge is -2.30. The summed E-state index contributed by atoms with van der Waals surface area (Å²) in [4.78, 5) is 1.69. The molecule has 1 saturated heterocycles. The molecule has 0 amide bonds. The summed E-state index contributed by atoms with van der Waals surface area (Å²) >= 11 is 0. The van der Waals surface area contributed by atoms with E-state index in [2.05, 4.69) is 6.07 Å². The van der Waals surface area contributed by atoms with Gasteiger partial charge >= 0.3 is 6.18 Å². The molecule has 16 heavy (non-hydrogen) atoms. The highest BCUT2D eigenvalue weighted by Gasteiger charge is 2.34. The second kappa shape index (κ2) is 4.33. The molecule has 1 aliphatic rings. The van der Waals surface area contributed by atoms with Gasteiger partial charge in [0.05, 0.1) is 18.8 Å². The fourth-order valence-electron chi connectivity index (χ4n) is 1.73. The van der Waals surface area contributed by atoms with Crippen LogP contribution in [0, 0.1) is 6.07 Å². The molecule has 0 N–H and O–H groups in total. The van der Waals surface area contributed by atoms with Crippen molar-refractivity contribution >= 4 is 5.69 Å². The zero-order valence-electron chi connectivity index (χ0n) is 8.55. The van der Waals surface area contributed by atoms with Crippen LogP contribution in [0.3, 0.4) is 0 Å². The molecule has 0 spiro atoms. The molecule has 0 aliphatic carbocycles. The van der Waals surface area contributed by atoms with Crippen molar-refractivity contribution < 1.29 is 17.9 Å². The Labute approximate surface area is 91.6 Å². The van der Waals surface area contributed by atoms with E-state index in [-0.39, 0.29) is 5.69 Å². The first-order valence-corrected chi connectivity index (χ1v) is 4.99. The summed E-state index contributed by atoms with van der Waals surface area (Å²) in [7, 11) is 0. The monoisotopic (exact) mass is 230 g/mol. The zero-order chi connectivity index (χ0) is 11.6. The maximum absolute atomic E-state index is 12.7. The molecule has 1 aliphatic heterocycles. The van der Waals surface area contributed by atoms with Crippen molar-refractivity contribution in [3.05, 3.63) is 29.8 Å². The van der Waals surface area contributed by atoms with Gasteiger partial charge in [0, 0.05) is 18.8 Å². The molecule has 0 bridgehead atoms. The van der Waals surface area contributed by atoms with Crippen LogP contribution in [0.1, 0.15) is 5.56 Å². The van der Waals surface area contributed by atoms with E-state index in [0.29, 0.717) is 26.3 Å². The molecule has 0 saturated carbocycles. The van der Waals surface area contributed by atoms with Crippen molar-refractivity contribution in [3.63, 3.8) is 0 Å². The first kappa shape index (κ1) is 11.3. The molecule has 2 nitrogen and oxygen atoms in total. The molecule has 0 atom stereocenters. The lowest BCUT2D eigenvalue weighted by atomic mass is 10.1. The molecule has 1 radical (unpaired) electrons. The van der Waals surface area contributed by atoms with Crippen molar-refractivity contribution in [1.82, 2.24) is 0 Å². The van der Waals surface area contributed by atoms with Crippen LogP contribution in [-0.2, 0) is 10.9 Å². The van der Waals surface area contributed by atoms with Gasteiger partial charge in [-0.05, 0) is 18.2 Å². The van der Waals surface area contributed by atoms with Gasteiger partial charge in [0.25, 0.3) is 0 Å². The van der Waals surface area contributed by atoms with Crippen molar-refractivity contribution in [3.8, 4) is 0 Å². The van der Waals surface area contributed by atoms with Crippen LogP contribution in [0.4, 0.5) is 18.9 Å². The number of alkyl halides is 3. The Morgan fingerprint density at radius 2 is 1.94 bits per heavy atom. The van der Waals surface area contributed by atoms with E-state index in [4.69, 9.17) is 4.74 Å². The Kier molecular flexibility index (Phi) is 3.05. The van der Waals surface area contributed by atoms with Crippen LogP contribution in [0.2, 0.25) is 0 Å². The third-order valence-electron chi connectivity index (χ3n) is 2.50. The van der Waals surface area contributed by atoms with Crippen molar-refractivity contribution in [2.75, 3.05) is 31.2 Å². The highest BCUT2D eigenvalue weighted by atomic mass is 19.4. The van der Waals surface area contributed by atoms with Gasteiger partial charge in [-0.1, -0.05) is 6.07 Å². The Morgan fingerprint density at radius 1 is 1.25 bits per heavy atom. The van der Waals surface area contributed by atoms with Gasteiger partial charge in [0.2, 0.25) is 0 Å². The topological polar surface area (TPSA) is 12.5 Å². The molecule has 5 heteroatoms. The molecule has 0 unspecified atom stereocenters. The summed E-state index contributed by atoms with van der Waals surface area (Å²) in [6.45, 7) is 1.92. The van der Waals surface area contributed by atoms with Gasteiger partial charge in [-0.3, -0.25) is 0 Å². The standard InChI is InChI=1S/C11H11F3NO/c12-11(13,14)9-3-1-2-4-10(9)15-5-7-16-8-6-15/h2-4H,5-8H2. The number of morpholine rings is 1. The van der Waals surface area contributed by atoms with E-state index in [9.17, 15) is 13.2 Å². The Balaban J connectivity index is 2.32. The molecule has 2 rings (SSSR count). The fourth-order valence-corrected chi connectivity index (χ4v) is 1.73. The quantitative estimate of drug-likeness (QED) is 0.734. The number of halogens is 3. The lowest BCUT2D eigenvalue weighted by Crippen LogP contribution is -2.37. The summed E-state index contributed by atoms with van der Waals surface area (Å²) in [5.41, 5.74) is -0.411. The minimum Gasteiger partial charge on any atom is -0.378 e. The third kappa shape index (κ3) is 2.29. The number of rotatable bonds is 1. The Morgan fingerprint density at radius 3 is 2.56 bits per heavy atom. The predicted octanol–water partition coefficient (Wildman–Crippen LogP) is 2.34. The number of benzene rings is 1. The Hall–Kier alpha value is -1.23. The predicted molar refractivity (Wildman–Crippen MR) is 53.3 cm³/mol. The number of anilines is 1. The van der Waals surface area contributed by atoms with Crippen LogP contribution < -0.4 is 4.90 Å². The summed E-state index contributed by atoms with van der Waals surface area (Å²) in [5.74, 6) is 0. The first-order valence-electron chi connectivity index (χ1n) is 4.99. The molecule has 1 fully saturated rings. The molecule has 0 aromatic heterocycles. The SMILES string of the molecule is FC(F)(F)c1c[c]ccc1N1CCOCC1. The molecule has 1 heterocycles. The summed E-state index contributed by atoms with van der Waals surface area (Å²) in [6.07, 6.45) is -4.33. The van der Waals surface area contributed by atoms with E-state index < -0.39 is 11.7 Å². The first-order chi connectivity index (χ1) is 7.59. The second-order valence-electron chi connectivity index (χ2n) is 3.54. The number of ether oxygens (including phenoxy) is 1. The van der Waals surface area contributed by atoms with E-state index in [1.54, 1.807) is 4.90 Å². The maximum Gasteiger partial charge on any atom is 0.418 e. The minimum absolute atomic E-state index is 0.217. The number of hydrogen-bond donors (Lipinski definition) is 0. The number of hydrogen-bond acceptors (Lipinski definition) is 2. The van der Waals surface area contributed by atoms with Gasteiger partial charge in [-0.15, -0.1) is 0 Å². The summed E-state index contributed by atoms with van der Waals surface area (Å²) in [5, 5.41) is 0. The van der Waals surface area contributed by atoms with Gasteiger partial charge < -0.3 is 9.64 Å². The largest absolute Gasteiger partial charge is 0.418 e. The lowest BCUT2D eigenvalue weighted by molar-refractivity contribution is -0.137.